The minimum Gasteiger partial charge on any atom is -0.314 e. The van der Waals surface area contributed by atoms with E-state index in [1.165, 1.54) is 0 Å². The Balaban J connectivity index is 2.10. The zero-order valence-electron chi connectivity index (χ0n) is 10.3. The van der Waals surface area contributed by atoms with Crippen LogP contribution in [0.15, 0.2) is 23.1 Å². The lowest BCUT2D eigenvalue weighted by atomic mass is 10.2. The molecule has 1 aliphatic carbocycles. The maximum atomic E-state index is 13.5. The topological polar surface area (TPSA) is 29.1 Å². The normalized spacial score (nSPS) is 25.3. The number of nitrogens with one attached hydrogen (secondary N) is 1. The molecule has 0 saturated heterocycles. The van der Waals surface area contributed by atoms with E-state index in [0.29, 0.717) is 6.04 Å². The minimum atomic E-state index is -1.46. The van der Waals surface area contributed by atoms with Gasteiger partial charge in [-0.05, 0) is 44.0 Å². The molecule has 3 unspecified atom stereocenters. The van der Waals surface area contributed by atoms with E-state index in [0.717, 1.165) is 44.0 Å². The molecular weight excluding hydrogens is 256 g/mol. The molecule has 0 bridgehead atoms. The van der Waals surface area contributed by atoms with Crippen molar-refractivity contribution in [3.63, 3.8) is 0 Å². The Hall–Kier alpha value is -0.810. The highest BCUT2D eigenvalue weighted by Gasteiger charge is 2.30. The third kappa shape index (κ3) is 2.95. The SMILES string of the molecule is CCNC1CCC(S(=O)c2cc(F)ccc2F)C1. The fraction of sp³-hybridized carbons (Fsp3) is 0.538. The molecule has 18 heavy (non-hydrogen) atoms. The van der Waals surface area contributed by atoms with E-state index in [2.05, 4.69) is 5.32 Å². The average Bonchev–Trinajstić information content (AvgIpc) is 2.80. The monoisotopic (exact) mass is 273 g/mol. The van der Waals surface area contributed by atoms with Crippen LogP contribution in [0.5, 0.6) is 0 Å². The number of benzene rings is 1. The summed E-state index contributed by atoms with van der Waals surface area (Å²) in [5, 5.41) is 3.23. The van der Waals surface area contributed by atoms with Gasteiger partial charge in [-0.25, -0.2) is 8.78 Å². The molecule has 3 atom stereocenters. The summed E-state index contributed by atoms with van der Waals surface area (Å²) in [5.41, 5.74) is 0. The molecule has 1 fully saturated rings. The van der Waals surface area contributed by atoms with E-state index < -0.39 is 22.4 Å². The van der Waals surface area contributed by atoms with Crippen molar-refractivity contribution in [1.82, 2.24) is 5.32 Å². The molecule has 1 N–H and O–H groups in total. The van der Waals surface area contributed by atoms with Gasteiger partial charge in [0.2, 0.25) is 0 Å². The third-order valence-corrected chi connectivity index (χ3v) is 5.07. The van der Waals surface area contributed by atoms with Crippen molar-refractivity contribution in [3.8, 4) is 0 Å². The van der Waals surface area contributed by atoms with Crippen molar-refractivity contribution >= 4 is 10.8 Å². The van der Waals surface area contributed by atoms with Gasteiger partial charge in [0.1, 0.15) is 11.6 Å². The van der Waals surface area contributed by atoms with Gasteiger partial charge in [-0.3, -0.25) is 4.21 Å². The second-order valence-electron chi connectivity index (χ2n) is 4.56. The molecule has 2 nitrogen and oxygen atoms in total. The average molecular weight is 273 g/mol. The Morgan fingerprint density at radius 3 is 2.89 bits per heavy atom. The number of halogens is 2. The van der Waals surface area contributed by atoms with Gasteiger partial charge < -0.3 is 5.32 Å². The van der Waals surface area contributed by atoms with E-state index >= 15 is 0 Å². The lowest BCUT2D eigenvalue weighted by molar-refractivity contribution is 0.541. The molecule has 5 heteroatoms. The van der Waals surface area contributed by atoms with E-state index in [1.807, 2.05) is 6.92 Å². The fourth-order valence-electron chi connectivity index (χ4n) is 2.42. The van der Waals surface area contributed by atoms with Crippen LogP contribution in [0.1, 0.15) is 26.2 Å². The van der Waals surface area contributed by atoms with Crippen LogP contribution in [0, 0.1) is 11.6 Å². The van der Waals surface area contributed by atoms with Crippen LogP contribution in [0.3, 0.4) is 0 Å². The quantitative estimate of drug-likeness (QED) is 0.913. The molecule has 0 radical (unpaired) electrons. The lowest BCUT2D eigenvalue weighted by Crippen LogP contribution is -2.27. The second kappa shape index (κ2) is 5.89. The van der Waals surface area contributed by atoms with E-state index in [9.17, 15) is 13.0 Å². The Labute approximate surface area is 108 Å². The summed E-state index contributed by atoms with van der Waals surface area (Å²) in [4.78, 5) is -0.00264. The first-order valence-electron chi connectivity index (χ1n) is 6.20. The summed E-state index contributed by atoms with van der Waals surface area (Å²) in [7, 11) is -1.46. The third-order valence-electron chi connectivity index (χ3n) is 3.29. The molecule has 100 valence electrons. The molecule has 2 rings (SSSR count). The molecule has 0 amide bonds. The van der Waals surface area contributed by atoms with Crippen molar-refractivity contribution < 1.29 is 13.0 Å². The number of hydrogen-bond acceptors (Lipinski definition) is 2. The molecule has 0 aliphatic heterocycles. The molecule has 0 spiro atoms. The highest BCUT2D eigenvalue weighted by molar-refractivity contribution is 7.85. The first-order valence-corrected chi connectivity index (χ1v) is 7.42. The zero-order valence-corrected chi connectivity index (χ0v) is 11.1. The van der Waals surface area contributed by atoms with Gasteiger partial charge >= 0.3 is 0 Å². The maximum Gasteiger partial charge on any atom is 0.139 e. The van der Waals surface area contributed by atoms with Gasteiger partial charge in [0, 0.05) is 11.3 Å². The standard InChI is InChI=1S/C13H17F2NOS/c1-2-16-10-4-5-11(8-10)18(17)13-7-9(14)3-6-12(13)15/h3,6-7,10-11,16H,2,4-5,8H2,1H3. The van der Waals surface area contributed by atoms with Crippen LogP contribution >= 0.6 is 0 Å². The van der Waals surface area contributed by atoms with E-state index in [-0.39, 0.29) is 10.1 Å². The predicted molar refractivity (Wildman–Crippen MR) is 67.9 cm³/mol. The van der Waals surface area contributed by atoms with Crippen LogP contribution in [0.2, 0.25) is 0 Å². The Morgan fingerprint density at radius 1 is 1.39 bits per heavy atom. The van der Waals surface area contributed by atoms with Crippen molar-refractivity contribution in [2.75, 3.05) is 6.54 Å². The lowest BCUT2D eigenvalue weighted by Gasteiger charge is -2.12. The molecule has 1 aromatic rings. The highest BCUT2D eigenvalue weighted by Crippen LogP contribution is 2.28. The van der Waals surface area contributed by atoms with Gasteiger partial charge in [0.05, 0.1) is 15.7 Å². The van der Waals surface area contributed by atoms with E-state index in [4.69, 9.17) is 0 Å². The van der Waals surface area contributed by atoms with Crippen LogP contribution in [-0.4, -0.2) is 22.0 Å². The number of rotatable bonds is 4. The van der Waals surface area contributed by atoms with Gasteiger partial charge in [0.25, 0.3) is 0 Å². The first kappa shape index (κ1) is 13.6. The summed E-state index contributed by atoms with van der Waals surface area (Å²) in [5.74, 6) is -1.12. The number of hydrogen-bond donors (Lipinski definition) is 1. The van der Waals surface area contributed by atoms with Gasteiger partial charge in [-0.2, -0.15) is 0 Å². The summed E-state index contributed by atoms with van der Waals surface area (Å²) < 4.78 is 38.9. The van der Waals surface area contributed by atoms with Crippen LogP contribution in [-0.2, 0) is 10.8 Å². The van der Waals surface area contributed by atoms with Crippen LogP contribution < -0.4 is 5.32 Å². The molecule has 1 saturated carbocycles. The Kier molecular flexibility index (Phi) is 4.45. The zero-order chi connectivity index (χ0) is 13.1. The van der Waals surface area contributed by atoms with Crippen molar-refractivity contribution in [2.24, 2.45) is 0 Å². The second-order valence-corrected chi connectivity index (χ2v) is 6.26. The predicted octanol–water partition coefficient (Wildman–Crippen LogP) is 2.60. The molecule has 0 heterocycles. The Morgan fingerprint density at radius 2 is 2.17 bits per heavy atom. The summed E-state index contributed by atoms with van der Waals surface area (Å²) in [6.07, 6.45) is 2.50. The van der Waals surface area contributed by atoms with Gasteiger partial charge in [-0.1, -0.05) is 6.92 Å². The molecule has 1 aromatic carbocycles. The van der Waals surface area contributed by atoms with E-state index in [1.54, 1.807) is 0 Å². The highest BCUT2D eigenvalue weighted by atomic mass is 32.2. The van der Waals surface area contributed by atoms with Crippen molar-refractivity contribution in [2.45, 2.75) is 42.4 Å². The minimum absolute atomic E-state index is 0.00264. The fourth-order valence-corrected chi connectivity index (χ4v) is 4.02. The summed E-state index contributed by atoms with van der Waals surface area (Å²) in [6, 6.07) is 3.48. The van der Waals surface area contributed by atoms with Crippen LogP contribution in [0.4, 0.5) is 8.78 Å². The van der Waals surface area contributed by atoms with Crippen molar-refractivity contribution in [3.05, 3.63) is 29.8 Å². The molecule has 0 aromatic heterocycles. The maximum absolute atomic E-state index is 13.5. The van der Waals surface area contributed by atoms with Crippen molar-refractivity contribution in [1.29, 1.82) is 0 Å². The van der Waals surface area contributed by atoms with Gasteiger partial charge in [-0.15, -0.1) is 0 Å². The molecule has 1 aliphatic rings. The summed E-state index contributed by atoms with van der Waals surface area (Å²) >= 11 is 0. The van der Waals surface area contributed by atoms with Crippen LogP contribution in [0.25, 0.3) is 0 Å². The van der Waals surface area contributed by atoms with Gasteiger partial charge in [0.15, 0.2) is 0 Å². The first-order chi connectivity index (χ1) is 8.61. The smallest absolute Gasteiger partial charge is 0.139 e. The largest absolute Gasteiger partial charge is 0.314 e. The Bertz CT molecular complexity index is 453. The summed E-state index contributed by atoms with van der Waals surface area (Å²) in [6.45, 7) is 2.90. The molecular formula is C13H17F2NOS.